The molecule has 0 radical (unpaired) electrons. The van der Waals surface area contributed by atoms with Crippen molar-refractivity contribution in [3.63, 3.8) is 0 Å². The molecule has 3 heteroatoms. The summed E-state index contributed by atoms with van der Waals surface area (Å²) in [5.41, 5.74) is 2.33. The minimum atomic E-state index is 0.944. The molecule has 3 nitrogen and oxygen atoms in total. The van der Waals surface area contributed by atoms with Crippen LogP contribution in [-0.4, -0.2) is 38.2 Å². The van der Waals surface area contributed by atoms with Crippen molar-refractivity contribution in [2.24, 2.45) is 0 Å². The van der Waals surface area contributed by atoms with Gasteiger partial charge in [-0.25, -0.2) is 0 Å². The van der Waals surface area contributed by atoms with E-state index in [9.17, 15) is 0 Å². The fourth-order valence-electron chi connectivity index (χ4n) is 1.89. The van der Waals surface area contributed by atoms with Gasteiger partial charge >= 0.3 is 0 Å². The third-order valence-corrected chi connectivity index (χ3v) is 3.05. The number of nitrogens with zero attached hydrogens (tertiary/aromatic N) is 1. The summed E-state index contributed by atoms with van der Waals surface area (Å²) in [4.78, 5) is 2.41. The minimum absolute atomic E-state index is 0.944. The van der Waals surface area contributed by atoms with E-state index in [2.05, 4.69) is 43.1 Å². The molecule has 0 saturated carbocycles. The van der Waals surface area contributed by atoms with E-state index >= 15 is 0 Å². The number of hydrogen-bond acceptors (Lipinski definition) is 3. The number of ether oxygens (including phenoxy) is 1. The predicted molar refractivity (Wildman–Crippen MR) is 74.0 cm³/mol. The molecule has 0 atom stereocenters. The number of methoxy groups -OCH3 is 1. The lowest BCUT2D eigenvalue weighted by Crippen LogP contribution is -2.28. The van der Waals surface area contributed by atoms with E-state index in [1.54, 1.807) is 7.11 Å². The third kappa shape index (κ3) is 4.27. The molecule has 1 aromatic rings. The van der Waals surface area contributed by atoms with E-state index < -0.39 is 0 Å². The highest BCUT2D eigenvalue weighted by Gasteiger charge is 2.01. The summed E-state index contributed by atoms with van der Waals surface area (Å²) in [5, 5.41) is 3.44. The van der Waals surface area contributed by atoms with Crippen LogP contribution in [0.3, 0.4) is 0 Å². The number of benzene rings is 1. The summed E-state index contributed by atoms with van der Waals surface area (Å²) in [5.74, 6) is 0.944. The predicted octanol–water partition coefficient (Wildman–Crippen LogP) is 2.76. The molecule has 0 amide bonds. The Morgan fingerprint density at radius 1 is 1.24 bits per heavy atom. The van der Waals surface area contributed by atoms with Crippen molar-refractivity contribution < 1.29 is 4.74 Å². The average Bonchev–Trinajstić information content (AvgIpc) is 2.35. The molecule has 0 aliphatic carbocycles. The Bertz CT molecular complexity index is 335. The maximum absolute atomic E-state index is 5.24. The largest absolute Gasteiger partial charge is 0.496 e. The second-order valence-electron chi connectivity index (χ2n) is 4.14. The van der Waals surface area contributed by atoms with Crippen molar-refractivity contribution in [3.8, 4) is 5.75 Å². The number of aryl methyl sites for hydroxylation is 1. The number of anilines is 1. The Kier molecular flexibility index (Phi) is 5.84. The molecule has 1 N–H and O–H groups in total. The first-order chi connectivity index (χ1) is 8.21. The van der Waals surface area contributed by atoms with E-state index in [4.69, 9.17) is 4.74 Å². The molecular weight excluding hydrogens is 212 g/mol. The maximum atomic E-state index is 5.24. The highest BCUT2D eigenvalue weighted by Crippen LogP contribution is 2.21. The fraction of sp³-hybridized carbons (Fsp3) is 0.571. The zero-order valence-electron chi connectivity index (χ0n) is 11.4. The first-order valence-electron chi connectivity index (χ1n) is 6.32. The van der Waals surface area contributed by atoms with Crippen molar-refractivity contribution >= 4 is 5.69 Å². The standard InChI is InChI=1S/C14H24N2O/c1-5-16(6-2)10-9-15-13-7-8-14(17-4)12(3)11-13/h7-8,11,15H,5-6,9-10H2,1-4H3. The van der Waals surface area contributed by atoms with E-state index in [0.29, 0.717) is 0 Å². The lowest BCUT2D eigenvalue weighted by molar-refractivity contribution is 0.316. The lowest BCUT2D eigenvalue weighted by atomic mass is 10.2. The van der Waals surface area contributed by atoms with Gasteiger partial charge in [0.15, 0.2) is 0 Å². The van der Waals surface area contributed by atoms with Gasteiger partial charge in [0.2, 0.25) is 0 Å². The smallest absolute Gasteiger partial charge is 0.121 e. The second kappa shape index (κ2) is 7.17. The number of rotatable bonds is 7. The van der Waals surface area contributed by atoms with Crippen molar-refractivity contribution in [1.82, 2.24) is 4.90 Å². The highest BCUT2D eigenvalue weighted by atomic mass is 16.5. The van der Waals surface area contributed by atoms with Gasteiger partial charge in [-0.1, -0.05) is 13.8 Å². The van der Waals surface area contributed by atoms with Crippen LogP contribution in [0.4, 0.5) is 5.69 Å². The molecule has 0 spiro atoms. The molecule has 0 bridgehead atoms. The molecule has 17 heavy (non-hydrogen) atoms. The van der Waals surface area contributed by atoms with Gasteiger partial charge in [-0.2, -0.15) is 0 Å². The lowest BCUT2D eigenvalue weighted by Gasteiger charge is -2.18. The van der Waals surface area contributed by atoms with Crippen molar-refractivity contribution in [3.05, 3.63) is 23.8 Å². The van der Waals surface area contributed by atoms with Gasteiger partial charge in [-0.3, -0.25) is 0 Å². The minimum Gasteiger partial charge on any atom is -0.496 e. The Balaban J connectivity index is 2.44. The van der Waals surface area contributed by atoms with Gasteiger partial charge < -0.3 is 15.0 Å². The van der Waals surface area contributed by atoms with Crippen molar-refractivity contribution in [2.45, 2.75) is 20.8 Å². The van der Waals surface area contributed by atoms with Crippen LogP contribution in [0.15, 0.2) is 18.2 Å². The Morgan fingerprint density at radius 3 is 2.47 bits per heavy atom. The first-order valence-corrected chi connectivity index (χ1v) is 6.32. The quantitative estimate of drug-likeness (QED) is 0.788. The van der Waals surface area contributed by atoms with Gasteiger partial charge in [0.1, 0.15) is 5.75 Å². The van der Waals surface area contributed by atoms with Crippen LogP contribution in [0.5, 0.6) is 5.75 Å². The van der Waals surface area contributed by atoms with Gasteiger partial charge in [-0.15, -0.1) is 0 Å². The van der Waals surface area contributed by atoms with Crippen LogP contribution in [0.25, 0.3) is 0 Å². The van der Waals surface area contributed by atoms with Crippen LogP contribution in [0.2, 0.25) is 0 Å². The molecule has 1 aromatic carbocycles. The molecular formula is C14H24N2O. The van der Waals surface area contributed by atoms with Crippen LogP contribution < -0.4 is 10.1 Å². The summed E-state index contributed by atoms with van der Waals surface area (Å²) in [6.45, 7) is 10.7. The molecule has 0 fully saturated rings. The highest BCUT2D eigenvalue weighted by molar-refractivity contribution is 5.50. The molecule has 0 aliphatic heterocycles. The molecule has 0 heterocycles. The molecule has 1 rings (SSSR count). The summed E-state index contributed by atoms with van der Waals surface area (Å²) in [6.07, 6.45) is 0. The monoisotopic (exact) mass is 236 g/mol. The Hall–Kier alpha value is -1.22. The summed E-state index contributed by atoms with van der Waals surface area (Å²) in [7, 11) is 1.70. The van der Waals surface area contributed by atoms with E-state index in [1.165, 1.54) is 5.56 Å². The van der Waals surface area contributed by atoms with Gasteiger partial charge in [0.05, 0.1) is 7.11 Å². The molecule has 96 valence electrons. The van der Waals surface area contributed by atoms with Crippen LogP contribution >= 0.6 is 0 Å². The maximum Gasteiger partial charge on any atom is 0.121 e. The van der Waals surface area contributed by atoms with E-state index in [1.807, 2.05) is 6.07 Å². The molecule has 0 unspecified atom stereocenters. The van der Waals surface area contributed by atoms with Crippen LogP contribution in [-0.2, 0) is 0 Å². The van der Waals surface area contributed by atoms with Crippen LogP contribution in [0.1, 0.15) is 19.4 Å². The average molecular weight is 236 g/mol. The number of nitrogens with one attached hydrogen (secondary N) is 1. The zero-order chi connectivity index (χ0) is 12.7. The summed E-state index contributed by atoms with van der Waals surface area (Å²) >= 11 is 0. The van der Waals surface area contributed by atoms with Gasteiger partial charge in [-0.05, 0) is 43.8 Å². The second-order valence-corrected chi connectivity index (χ2v) is 4.14. The molecule has 0 saturated heterocycles. The van der Waals surface area contributed by atoms with E-state index in [0.717, 1.165) is 37.6 Å². The summed E-state index contributed by atoms with van der Waals surface area (Å²) in [6, 6.07) is 6.20. The van der Waals surface area contributed by atoms with Crippen molar-refractivity contribution in [2.75, 3.05) is 38.6 Å². The SMILES string of the molecule is CCN(CC)CCNc1ccc(OC)c(C)c1. The van der Waals surface area contributed by atoms with Gasteiger partial charge in [0.25, 0.3) is 0 Å². The number of hydrogen-bond donors (Lipinski definition) is 1. The van der Waals surface area contributed by atoms with Gasteiger partial charge in [0, 0.05) is 18.8 Å². The normalized spacial score (nSPS) is 10.6. The topological polar surface area (TPSA) is 24.5 Å². The van der Waals surface area contributed by atoms with Crippen LogP contribution in [0, 0.1) is 6.92 Å². The zero-order valence-corrected chi connectivity index (χ0v) is 11.4. The summed E-state index contributed by atoms with van der Waals surface area (Å²) < 4.78 is 5.24. The van der Waals surface area contributed by atoms with E-state index in [-0.39, 0.29) is 0 Å². The fourth-order valence-corrected chi connectivity index (χ4v) is 1.89. The number of likely N-dealkylation sites (N-methyl/N-ethyl adjacent to an activating group) is 1. The molecule has 0 aliphatic rings. The van der Waals surface area contributed by atoms with Crippen molar-refractivity contribution in [1.29, 1.82) is 0 Å². The Morgan fingerprint density at radius 2 is 1.94 bits per heavy atom. The Labute approximate surface area is 105 Å². The third-order valence-electron chi connectivity index (χ3n) is 3.05. The first kappa shape index (κ1) is 13.8. The molecule has 0 aromatic heterocycles.